The van der Waals surface area contributed by atoms with Crippen LogP contribution in [0.4, 0.5) is 5.82 Å². The smallest absolute Gasteiger partial charge is 0.377 e. The zero-order chi connectivity index (χ0) is 24.8. The van der Waals surface area contributed by atoms with Crippen LogP contribution in [0.3, 0.4) is 0 Å². The second-order valence-electron chi connectivity index (χ2n) is 10.00. The van der Waals surface area contributed by atoms with Crippen LogP contribution in [0.15, 0.2) is 36.7 Å². The second-order valence-corrected chi connectivity index (χ2v) is 10.00. The molecule has 10 nitrogen and oxygen atoms in total. The molecule has 2 atom stereocenters. The van der Waals surface area contributed by atoms with Gasteiger partial charge in [0.1, 0.15) is 11.4 Å². The molecule has 2 N–H and O–H groups in total. The average molecular weight is 490 g/mol. The topological polar surface area (TPSA) is 109 Å². The van der Waals surface area contributed by atoms with Crippen LogP contribution >= 0.6 is 0 Å². The third kappa shape index (κ3) is 4.21. The van der Waals surface area contributed by atoms with Crippen molar-refractivity contribution in [2.24, 2.45) is 7.05 Å². The number of rotatable bonds is 4. The van der Waals surface area contributed by atoms with Gasteiger partial charge in [-0.15, -0.1) is 10.2 Å². The highest BCUT2D eigenvalue weighted by Crippen LogP contribution is 2.39. The summed E-state index contributed by atoms with van der Waals surface area (Å²) in [5, 5.41) is 34.5. The predicted octanol–water partition coefficient (Wildman–Crippen LogP) is 2.18. The number of anilines is 1. The Morgan fingerprint density at radius 3 is 2.56 bits per heavy atom. The first-order valence-corrected chi connectivity index (χ1v) is 12.6. The van der Waals surface area contributed by atoms with Gasteiger partial charge in [0.15, 0.2) is 11.6 Å². The molecule has 188 valence electrons. The normalized spacial score (nSPS) is 24.1. The number of aryl methyl sites for hydroxylation is 1. The molecule has 0 spiro atoms. The number of hydrogen-bond acceptors (Lipinski definition) is 9. The Kier molecular flexibility index (Phi) is 6.06. The van der Waals surface area contributed by atoms with Gasteiger partial charge in [-0.1, -0.05) is 6.07 Å². The molecule has 3 aliphatic heterocycles. The molecule has 36 heavy (non-hydrogen) atoms. The summed E-state index contributed by atoms with van der Waals surface area (Å²) in [6, 6.07) is 8.04. The average Bonchev–Trinajstić information content (AvgIpc) is 3.18. The Balaban J connectivity index is 1.28. The minimum absolute atomic E-state index is 0.134. The molecule has 2 unspecified atom stereocenters. The molecule has 0 amide bonds. The third-order valence-corrected chi connectivity index (χ3v) is 7.55. The van der Waals surface area contributed by atoms with Crippen LogP contribution in [-0.2, 0) is 11.8 Å². The minimum Gasteiger partial charge on any atom is -0.507 e. The van der Waals surface area contributed by atoms with E-state index in [0.29, 0.717) is 36.8 Å². The summed E-state index contributed by atoms with van der Waals surface area (Å²) in [5.41, 5.74) is 2.99. The Hall–Kier alpha value is -3.15. The Morgan fingerprint density at radius 2 is 1.86 bits per heavy atom. The van der Waals surface area contributed by atoms with Gasteiger partial charge < -0.3 is 29.3 Å². The van der Waals surface area contributed by atoms with Crippen molar-refractivity contribution in [1.82, 2.24) is 24.8 Å². The molecule has 5 heterocycles. The summed E-state index contributed by atoms with van der Waals surface area (Å²) >= 11 is 0. The molecule has 11 heteroatoms. The highest BCUT2D eigenvalue weighted by Gasteiger charge is 2.44. The van der Waals surface area contributed by atoms with Crippen molar-refractivity contribution in [3.8, 4) is 33.9 Å². The number of ether oxygens (including phenoxy) is 2. The van der Waals surface area contributed by atoms with Crippen LogP contribution in [0, 0.1) is 0 Å². The van der Waals surface area contributed by atoms with Gasteiger partial charge in [-0.3, -0.25) is 4.68 Å². The number of morpholine rings is 1. The van der Waals surface area contributed by atoms with Crippen LogP contribution < -0.4 is 9.64 Å². The van der Waals surface area contributed by atoms with E-state index >= 15 is 0 Å². The van der Waals surface area contributed by atoms with Crippen LogP contribution in [0.5, 0.6) is 11.5 Å². The second kappa shape index (κ2) is 9.38. The zero-order valence-corrected chi connectivity index (χ0v) is 20.6. The first-order valence-electron chi connectivity index (χ1n) is 12.6. The summed E-state index contributed by atoms with van der Waals surface area (Å²) in [6.45, 7) is 4.54. The molecular formula is C25H31BN6O4. The van der Waals surface area contributed by atoms with E-state index in [4.69, 9.17) is 9.47 Å². The first kappa shape index (κ1) is 23.3. The number of fused-ring (bicyclic) bond motifs is 3. The fraction of sp³-hybridized carbons (Fsp3) is 0.480. The molecule has 3 aliphatic rings. The van der Waals surface area contributed by atoms with E-state index in [1.165, 1.54) is 0 Å². The van der Waals surface area contributed by atoms with E-state index in [9.17, 15) is 10.1 Å². The summed E-state index contributed by atoms with van der Waals surface area (Å²) < 4.78 is 13.6. The van der Waals surface area contributed by atoms with E-state index in [1.807, 2.05) is 38.3 Å². The van der Waals surface area contributed by atoms with Crippen LogP contribution in [0.2, 0.25) is 6.82 Å². The van der Waals surface area contributed by atoms with Gasteiger partial charge in [0.05, 0.1) is 26.0 Å². The number of aromatic hydroxyl groups is 1. The zero-order valence-electron chi connectivity index (χ0n) is 20.6. The largest absolute Gasteiger partial charge is 0.507 e. The summed E-state index contributed by atoms with van der Waals surface area (Å²) in [4.78, 5) is 4.52. The lowest BCUT2D eigenvalue weighted by Crippen LogP contribution is -2.64. The molecule has 0 radical (unpaired) electrons. The van der Waals surface area contributed by atoms with Gasteiger partial charge in [-0.25, -0.2) is 0 Å². The Bertz CT molecular complexity index is 1240. The fourth-order valence-electron chi connectivity index (χ4n) is 5.96. The summed E-state index contributed by atoms with van der Waals surface area (Å²) in [6.07, 6.45) is 6.34. The van der Waals surface area contributed by atoms with Gasteiger partial charge in [0.2, 0.25) is 0 Å². The molecular weight excluding hydrogens is 459 g/mol. The number of benzene rings is 1. The Morgan fingerprint density at radius 1 is 1.06 bits per heavy atom. The number of hydrogen-bond donors (Lipinski definition) is 2. The number of phenols is 1. The van der Waals surface area contributed by atoms with Crippen molar-refractivity contribution in [3.63, 3.8) is 0 Å². The lowest BCUT2D eigenvalue weighted by atomic mass is 9.75. The maximum absolute atomic E-state index is 10.8. The van der Waals surface area contributed by atoms with Gasteiger partial charge in [0.25, 0.3) is 0 Å². The van der Waals surface area contributed by atoms with E-state index in [-0.39, 0.29) is 23.9 Å². The Labute approximate surface area is 210 Å². The predicted molar refractivity (Wildman–Crippen MR) is 136 cm³/mol. The van der Waals surface area contributed by atoms with Gasteiger partial charge in [0, 0.05) is 55.1 Å². The summed E-state index contributed by atoms with van der Waals surface area (Å²) in [5.74, 6) is 1.57. The van der Waals surface area contributed by atoms with E-state index in [2.05, 4.69) is 25.0 Å². The van der Waals surface area contributed by atoms with E-state index < -0.39 is 7.05 Å². The van der Waals surface area contributed by atoms with Crippen molar-refractivity contribution in [2.45, 2.75) is 44.2 Å². The molecule has 6 rings (SSSR count). The lowest BCUT2D eigenvalue weighted by Gasteiger charge is -2.51. The SMILES string of the molecule is CB(O)N1C2COCC1CC(N1CCCOc3cc(-c4ccc(-c5cnn(C)c5)cc4O)nnc31)C2. The molecule has 0 aliphatic carbocycles. The van der Waals surface area contributed by atoms with Crippen molar-refractivity contribution in [1.29, 1.82) is 0 Å². The van der Waals surface area contributed by atoms with Crippen molar-refractivity contribution in [2.75, 3.05) is 31.3 Å². The minimum atomic E-state index is -0.482. The van der Waals surface area contributed by atoms with E-state index in [1.54, 1.807) is 16.9 Å². The standard InChI is InChI=1S/C25H31BN6O4/c1-26(34)32-19-9-18(10-20(32)15-35-14-19)31-6-3-7-36-24-11-22(28-29-25(24)31)21-5-4-16(8-23(21)33)17-12-27-30(2)13-17/h4-5,8,11-13,18-20,33-34H,3,6-7,9-10,14-15H2,1-2H3. The maximum atomic E-state index is 10.8. The highest BCUT2D eigenvalue weighted by atomic mass is 16.5. The number of aromatic nitrogens is 4. The van der Waals surface area contributed by atoms with Gasteiger partial charge >= 0.3 is 7.05 Å². The molecule has 2 saturated heterocycles. The van der Waals surface area contributed by atoms with Crippen LogP contribution in [0.25, 0.3) is 22.4 Å². The first-order chi connectivity index (χ1) is 17.5. The third-order valence-electron chi connectivity index (χ3n) is 7.55. The molecule has 2 fully saturated rings. The lowest BCUT2D eigenvalue weighted by molar-refractivity contribution is -0.0444. The summed E-state index contributed by atoms with van der Waals surface area (Å²) in [7, 11) is 1.38. The molecule has 2 bridgehead atoms. The van der Waals surface area contributed by atoms with Gasteiger partial charge in [-0.05, 0) is 43.8 Å². The maximum Gasteiger partial charge on any atom is 0.377 e. The highest BCUT2D eigenvalue weighted by molar-refractivity contribution is 6.45. The van der Waals surface area contributed by atoms with Crippen molar-refractivity contribution >= 4 is 12.9 Å². The fourth-order valence-corrected chi connectivity index (χ4v) is 5.96. The number of nitrogens with zero attached hydrogens (tertiary/aromatic N) is 6. The van der Waals surface area contributed by atoms with E-state index in [0.717, 1.165) is 42.8 Å². The van der Waals surface area contributed by atoms with Crippen LogP contribution in [-0.4, -0.2) is 86.5 Å². The van der Waals surface area contributed by atoms with Crippen molar-refractivity contribution < 1.29 is 19.6 Å². The monoisotopic (exact) mass is 490 g/mol. The molecule has 1 aromatic carbocycles. The number of piperidine rings is 1. The van der Waals surface area contributed by atoms with Gasteiger partial charge in [-0.2, -0.15) is 5.10 Å². The molecule has 2 aromatic heterocycles. The van der Waals surface area contributed by atoms with Crippen molar-refractivity contribution in [3.05, 3.63) is 36.7 Å². The quantitative estimate of drug-likeness (QED) is 0.532. The number of phenolic OH excluding ortho intramolecular Hbond substituents is 1. The molecule has 3 aromatic rings. The molecule has 0 saturated carbocycles. The van der Waals surface area contributed by atoms with Crippen LogP contribution in [0.1, 0.15) is 19.3 Å².